The van der Waals surface area contributed by atoms with Crippen molar-refractivity contribution in [3.63, 3.8) is 0 Å². The monoisotopic (exact) mass is 344 g/mol. The third-order valence-electron chi connectivity index (χ3n) is 4.31. The van der Waals surface area contributed by atoms with Crippen LogP contribution >= 0.6 is 0 Å². The second-order valence-corrected chi connectivity index (χ2v) is 5.80. The Hall–Kier alpha value is -3.46. The van der Waals surface area contributed by atoms with Crippen LogP contribution in [0.3, 0.4) is 0 Å². The summed E-state index contributed by atoms with van der Waals surface area (Å²) in [6, 6.07) is 11.2. The first-order valence-electron chi connectivity index (χ1n) is 10.5. The van der Waals surface area contributed by atoms with Crippen molar-refractivity contribution in [2.75, 3.05) is 0 Å². The molecule has 0 amide bonds. The van der Waals surface area contributed by atoms with Crippen molar-refractivity contribution in [2.45, 2.75) is 0 Å². The SMILES string of the molecule is [2H]c1c([2H])c([2H])c(-c2c(F)ccc3c2oc2c(-c4ccccn4)cccc23)c([2H])c1[2H]. The average Bonchev–Trinajstić information content (AvgIpc) is 3.17. The molecule has 5 aromatic rings. The van der Waals surface area contributed by atoms with E-state index in [9.17, 15) is 0 Å². The van der Waals surface area contributed by atoms with E-state index in [0.29, 0.717) is 27.6 Å². The van der Waals surface area contributed by atoms with Crippen LogP contribution in [0.15, 0.2) is 89.4 Å². The highest BCUT2D eigenvalue weighted by Crippen LogP contribution is 2.40. The van der Waals surface area contributed by atoms with Crippen molar-refractivity contribution in [3.05, 3.63) is 90.8 Å². The number of aromatic nitrogens is 1. The Kier molecular flexibility index (Phi) is 2.35. The number of pyridine rings is 1. The molecule has 0 N–H and O–H groups in total. The number of hydrogen-bond acceptors (Lipinski definition) is 2. The number of fused-ring (bicyclic) bond motifs is 3. The Morgan fingerprint density at radius 3 is 2.50 bits per heavy atom. The minimum absolute atomic E-state index is 0.122. The molecule has 124 valence electrons. The zero-order valence-electron chi connectivity index (χ0n) is 18.4. The molecular formula is C23H14FNO. The summed E-state index contributed by atoms with van der Waals surface area (Å²) >= 11 is 0. The summed E-state index contributed by atoms with van der Waals surface area (Å²) in [6.45, 7) is 0. The fraction of sp³-hybridized carbons (Fsp3) is 0. The van der Waals surface area contributed by atoms with Crippen LogP contribution in [0.4, 0.5) is 4.39 Å². The Balaban J connectivity index is 1.92. The van der Waals surface area contributed by atoms with Gasteiger partial charge in [-0.1, -0.05) is 48.4 Å². The molecule has 3 aromatic carbocycles. The zero-order valence-corrected chi connectivity index (χ0v) is 13.4. The Morgan fingerprint density at radius 1 is 0.846 bits per heavy atom. The molecule has 0 bridgehead atoms. The number of para-hydroxylation sites is 1. The van der Waals surface area contributed by atoms with Crippen LogP contribution in [0.25, 0.3) is 44.3 Å². The highest BCUT2D eigenvalue weighted by Gasteiger charge is 2.18. The quantitative estimate of drug-likeness (QED) is 0.367. The van der Waals surface area contributed by atoms with Gasteiger partial charge < -0.3 is 4.42 Å². The number of benzene rings is 3. The van der Waals surface area contributed by atoms with Crippen LogP contribution in [0, 0.1) is 5.82 Å². The van der Waals surface area contributed by atoms with Crippen molar-refractivity contribution in [1.29, 1.82) is 0 Å². The van der Waals surface area contributed by atoms with Crippen molar-refractivity contribution >= 4 is 21.9 Å². The Labute approximate surface area is 156 Å². The van der Waals surface area contributed by atoms with E-state index in [1.165, 1.54) is 6.07 Å². The highest BCUT2D eigenvalue weighted by atomic mass is 19.1. The van der Waals surface area contributed by atoms with Gasteiger partial charge in [0, 0.05) is 22.5 Å². The van der Waals surface area contributed by atoms with E-state index in [1.807, 2.05) is 30.3 Å². The summed E-state index contributed by atoms with van der Waals surface area (Å²) in [6.07, 6.45) is 1.66. The van der Waals surface area contributed by atoms with Crippen LogP contribution < -0.4 is 0 Å². The summed E-state index contributed by atoms with van der Waals surface area (Å²) in [5.74, 6) is -0.732. The molecule has 2 heterocycles. The van der Waals surface area contributed by atoms with Crippen LogP contribution in [0.2, 0.25) is 0 Å². The third-order valence-corrected chi connectivity index (χ3v) is 4.31. The Bertz CT molecular complexity index is 1470. The van der Waals surface area contributed by atoms with Gasteiger partial charge in [0.1, 0.15) is 17.0 Å². The van der Waals surface area contributed by atoms with Gasteiger partial charge in [0.15, 0.2) is 0 Å². The zero-order chi connectivity index (χ0) is 21.9. The van der Waals surface area contributed by atoms with Crippen molar-refractivity contribution in [1.82, 2.24) is 4.98 Å². The number of hydrogen-bond donors (Lipinski definition) is 0. The lowest BCUT2D eigenvalue weighted by atomic mass is 10.0. The molecule has 0 saturated heterocycles. The number of nitrogens with zero attached hydrogens (tertiary/aromatic N) is 1. The van der Waals surface area contributed by atoms with E-state index < -0.39 is 36.0 Å². The summed E-state index contributed by atoms with van der Waals surface area (Å²) in [4.78, 5) is 4.36. The normalized spacial score (nSPS) is 14.0. The van der Waals surface area contributed by atoms with Gasteiger partial charge in [0.25, 0.3) is 0 Å². The smallest absolute Gasteiger partial charge is 0.146 e. The molecule has 2 nitrogen and oxygen atoms in total. The van der Waals surface area contributed by atoms with Crippen LogP contribution in [0.1, 0.15) is 6.85 Å². The minimum Gasteiger partial charge on any atom is -0.455 e. The molecule has 0 saturated carbocycles. The van der Waals surface area contributed by atoms with Gasteiger partial charge in [0.05, 0.1) is 18.1 Å². The fourth-order valence-corrected chi connectivity index (χ4v) is 3.17. The van der Waals surface area contributed by atoms with Gasteiger partial charge in [-0.25, -0.2) is 4.39 Å². The van der Waals surface area contributed by atoms with Crippen LogP contribution in [-0.4, -0.2) is 4.98 Å². The van der Waals surface area contributed by atoms with Gasteiger partial charge in [-0.2, -0.15) is 0 Å². The molecule has 2 aromatic heterocycles. The molecule has 0 fully saturated rings. The van der Waals surface area contributed by atoms with Gasteiger partial charge in [-0.3, -0.25) is 4.98 Å². The van der Waals surface area contributed by atoms with Gasteiger partial charge in [0.2, 0.25) is 0 Å². The molecule has 0 aliphatic rings. The highest BCUT2D eigenvalue weighted by molar-refractivity contribution is 6.12. The lowest BCUT2D eigenvalue weighted by molar-refractivity contribution is 0.622. The maximum atomic E-state index is 15.1. The summed E-state index contributed by atoms with van der Waals surface area (Å²) in [5, 5.41) is 1.29. The van der Waals surface area contributed by atoms with Gasteiger partial charge in [-0.15, -0.1) is 0 Å². The van der Waals surface area contributed by atoms with E-state index in [-0.39, 0.29) is 16.7 Å². The predicted octanol–water partition coefficient (Wildman–Crippen LogP) is 6.45. The van der Waals surface area contributed by atoms with Crippen molar-refractivity contribution in [3.8, 4) is 22.4 Å². The minimum atomic E-state index is -0.732. The van der Waals surface area contributed by atoms with E-state index in [1.54, 1.807) is 18.3 Å². The molecule has 0 aliphatic heterocycles. The molecule has 0 atom stereocenters. The predicted molar refractivity (Wildman–Crippen MR) is 102 cm³/mol. The maximum absolute atomic E-state index is 15.1. The number of halogens is 1. The molecule has 0 radical (unpaired) electrons. The number of rotatable bonds is 2. The maximum Gasteiger partial charge on any atom is 0.146 e. The summed E-state index contributed by atoms with van der Waals surface area (Å²) < 4.78 is 61.4. The second-order valence-electron chi connectivity index (χ2n) is 5.80. The van der Waals surface area contributed by atoms with E-state index in [4.69, 9.17) is 11.3 Å². The second kappa shape index (κ2) is 5.81. The molecule has 3 heteroatoms. The average molecular weight is 344 g/mol. The lowest BCUT2D eigenvalue weighted by Gasteiger charge is -2.04. The van der Waals surface area contributed by atoms with Gasteiger partial charge in [-0.05, 0) is 35.9 Å². The first-order valence-corrected chi connectivity index (χ1v) is 8.02. The molecule has 0 spiro atoms. The van der Waals surface area contributed by atoms with Gasteiger partial charge >= 0.3 is 0 Å². The number of furan rings is 1. The van der Waals surface area contributed by atoms with E-state index in [2.05, 4.69) is 4.98 Å². The fourth-order valence-electron chi connectivity index (χ4n) is 3.17. The van der Waals surface area contributed by atoms with E-state index in [0.717, 1.165) is 0 Å². The summed E-state index contributed by atoms with van der Waals surface area (Å²) in [7, 11) is 0. The molecule has 5 rings (SSSR count). The van der Waals surface area contributed by atoms with Crippen LogP contribution in [-0.2, 0) is 0 Å². The molecule has 0 unspecified atom stereocenters. The van der Waals surface area contributed by atoms with E-state index >= 15 is 4.39 Å². The third kappa shape index (κ3) is 2.21. The topological polar surface area (TPSA) is 26.0 Å². The standard InChI is InChI=1S/C23H14FNO/c24-19-13-12-17-16-9-6-10-18(20-11-4-5-14-25-20)22(16)26-23(17)21(19)15-7-2-1-3-8-15/h1-14H/i1D,2D,3D,7D,8D. The first kappa shape index (κ1) is 10.5. The summed E-state index contributed by atoms with van der Waals surface area (Å²) in [5.41, 5.74) is 1.61. The lowest BCUT2D eigenvalue weighted by Crippen LogP contribution is -1.84. The van der Waals surface area contributed by atoms with Crippen LogP contribution in [0.5, 0.6) is 0 Å². The first-order chi connectivity index (χ1) is 14.9. The largest absolute Gasteiger partial charge is 0.455 e. The van der Waals surface area contributed by atoms with Crippen molar-refractivity contribution in [2.24, 2.45) is 0 Å². The molecule has 0 aliphatic carbocycles. The Morgan fingerprint density at radius 2 is 1.69 bits per heavy atom. The molecule has 26 heavy (non-hydrogen) atoms. The molecular weight excluding hydrogens is 325 g/mol. The van der Waals surface area contributed by atoms with Crippen molar-refractivity contribution < 1.29 is 15.7 Å².